The SMILES string of the molecule is CCCCCCC[CH2][Al][CH2]CC. The van der Waals surface area contributed by atoms with Crippen molar-refractivity contribution in [3.05, 3.63) is 0 Å². The van der Waals surface area contributed by atoms with Crippen LogP contribution in [0.4, 0.5) is 0 Å². The molecule has 0 rings (SSSR count). The van der Waals surface area contributed by atoms with Gasteiger partial charge in [0, 0.05) is 0 Å². The molecule has 0 amide bonds. The van der Waals surface area contributed by atoms with Gasteiger partial charge in [-0.1, -0.05) is 58.8 Å². The molecule has 0 unspecified atom stereocenters. The molecule has 0 fully saturated rings. The molecule has 0 N–H and O–H groups in total. The van der Waals surface area contributed by atoms with Gasteiger partial charge in [0.05, 0.1) is 0 Å². The Balaban J connectivity index is 2.73. The van der Waals surface area contributed by atoms with E-state index in [0.717, 1.165) is 15.2 Å². The van der Waals surface area contributed by atoms with Crippen molar-refractivity contribution in [2.24, 2.45) is 0 Å². The maximum Gasteiger partial charge on any atom is 0.199 e. The minimum atomic E-state index is 0.808. The minimum absolute atomic E-state index is 0.808. The molecule has 0 spiro atoms. The number of unbranched alkanes of at least 4 members (excludes halogenated alkanes) is 5. The van der Waals surface area contributed by atoms with Gasteiger partial charge >= 0.3 is 0 Å². The summed E-state index contributed by atoms with van der Waals surface area (Å²) in [6.45, 7) is 4.58. The topological polar surface area (TPSA) is 0 Å². The van der Waals surface area contributed by atoms with E-state index in [2.05, 4.69) is 13.8 Å². The van der Waals surface area contributed by atoms with Crippen molar-refractivity contribution in [3.8, 4) is 0 Å². The van der Waals surface area contributed by atoms with Gasteiger partial charge in [0.25, 0.3) is 0 Å². The van der Waals surface area contributed by atoms with Crippen LogP contribution < -0.4 is 0 Å². The highest BCUT2D eigenvalue weighted by molar-refractivity contribution is 6.35. The zero-order valence-electron chi connectivity index (χ0n) is 8.94. The van der Waals surface area contributed by atoms with Gasteiger partial charge in [0.2, 0.25) is 0 Å². The monoisotopic (exact) mass is 183 g/mol. The third kappa shape index (κ3) is 10.5. The van der Waals surface area contributed by atoms with Crippen LogP contribution in [0.1, 0.15) is 58.8 Å². The van der Waals surface area contributed by atoms with Crippen LogP contribution in [0.2, 0.25) is 10.6 Å². The Hall–Kier alpha value is 0.532. The molecule has 0 heterocycles. The third-order valence-corrected chi connectivity index (χ3v) is 4.06. The second kappa shape index (κ2) is 11.5. The molecule has 12 heavy (non-hydrogen) atoms. The zero-order chi connectivity index (χ0) is 9.07. The first-order chi connectivity index (χ1) is 5.91. The molecule has 0 aliphatic carbocycles. The Morgan fingerprint density at radius 1 is 0.667 bits per heavy atom. The van der Waals surface area contributed by atoms with Gasteiger partial charge in [-0.2, -0.15) is 0 Å². The smallest absolute Gasteiger partial charge is 0.104 e. The predicted molar refractivity (Wildman–Crippen MR) is 59.0 cm³/mol. The van der Waals surface area contributed by atoms with E-state index in [9.17, 15) is 0 Å². The van der Waals surface area contributed by atoms with E-state index in [-0.39, 0.29) is 0 Å². The van der Waals surface area contributed by atoms with Crippen molar-refractivity contribution >= 4 is 15.2 Å². The Morgan fingerprint density at radius 3 is 2.00 bits per heavy atom. The Morgan fingerprint density at radius 2 is 1.33 bits per heavy atom. The van der Waals surface area contributed by atoms with Gasteiger partial charge in [-0.15, -0.1) is 10.6 Å². The van der Waals surface area contributed by atoms with E-state index in [1.807, 2.05) is 0 Å². The molecular formula is C11H24Al. The van der Waals surface area contributed by atoms with Gasteiger partial charge in [-0.25, -0.2) is 0 Å². The lowest BCUT2D eigenvalue weighted by Crippen LogP contribution is -1.87. The van der Waals surface area contributed by atoms with Crippen LogP contribution in [-0.4, -0.2) is 15.2 Å². The average molecular weight is 183 g/mol. The van der Waals surface area contributed by atoms with E-state index in [4.69, 9.17) is 0 Å². The van der Waals surface area contributed by atoms with E-state index in [0.29, 0.717) is 0 Å². The van der Waals surface area contributed by atoms with Crippen LogP contribution >= 0.6 is 0 Å². The van der Waals surface area contributed by atoms with E-state index in [1.54, 1.807) is 5.28 Å². The highest BCUT2D eigenvalue weighted by atomic mass is 27.1. The first-order valence-corrected chi connectivity index (χ1v) is 7.36. The highest BCUT2D eigenvalue weighted by Gasteiger charge is 1.92. The van der Waals surface area contributed by atoms with Crippen LogP contribution in [-0.2, 0) is 0 Å². The molecule has 0 saturated carbocycles. The fourth-order valence-electron chi connectivity index (χ4n) is 1.42. The second-order valence-corrected chi connectivity index (χ2v) is 5.37. The fraction of sp³-hybridized carbons (Fsp3) is 1.00. The standard InChI is InChI=1S/C8H17.C3H7.Al/c1-3-5-7-8-6-4-2;1-3-2;/h1,3-8H2,2H3;1,3H2,2H3;. The van der Waals surface area contributed by atoms with Gasteiger partial charge in [0.15, 0.2) is 15.2 Å². The third-order valence-electron chi connectivity index (χ3n) is 2.25. The molecule has 0 bridgehead atoms. The first kappa shape index (κ1) is 12.5. The number of rotatable bonds is 9. The van der Waals surface area contributed by atoms with Crippen molar-refractivity contribution < 1.29 is 0 Å². The molecule has 0 aliphatic heterocycles. The summed E-state index contributed by atoms with van der Waals surface area (Å²) in [6, 6.07) is 0. The summed E-state index contributed by atoms with van der Waals surface area (Å²) in [6.07, 6.45) is 10.2. The predicted octanol–water partition coefficient (Wildman–Crippen LogP) is 4.30. The summed E-state index contributed by atoms with van der Waals surface area (Å²) in [5.74, 6) is 0. The van der Waals surface area contributed by atoms with Crippen molar-refractivity contribution in [1.82, 2.24) is 0 Å². The van der Waals surface area contributed by atoms with Crippen molar-refractivity contribution in [1.29, 1.82) is 0 Å². The van der Waals surface area contributed by atoms with E-state index < -0.39 is 0 Å². The lowest BCUT2D eigenvalue weighted by Gasteiger charge is -1.99. The van der Waals surface area contributed by atoms with Gasteiger partial charge < -0.3 is 0 Å². The van der Waals surface area contributed by atoms with Crippen molar-refractivity contribution in [3.63, 3.8) is 0 Å². The molecular weight excluding hydrogens is 159 g/mol. The van der Waals surface area contributed by atoms with E-state index >= 15 is 0 Å². The lowest BCUT2D eigenvalue weighted by molar-refractivity contribution is 0.623. The molecule has 1 radical (unpaired) electrons. The average Bonchev–Trinajstić information content (AvgIpc) is 2.10. The molecule has 0 aromatic heterocycles. The van der Waals surface area contributed by atoms with Crippen LogP contribution in [0.25, 0.3) is 0 Å². The number of hydrogen-bond donors (Lipinski definition) is 0. The second-order valence-electron chi connectivity index (χ2n) is 3.63. The van der Waals surface area contributed by atoms with E-state index in [1.165, 1.54) is 50.2 Å². The molecule has 0 saturated heterocycles. The minimum Gasteiger partial charge on any atom is -0.104 e. The quantitative estimate of drug-likeness (QED) is 0.369. The fourth-order valence-corrected chi connectivity index (χ4v) is 2.69. The summed E-state index contributed by atoms with van der Waals surface area (Å²) in [7, 11) is 0. The maximum atomic E-state index is 2.30. The molecule has 0 nitrogen and oxygen atoms in total. The Bertz CT molecular complexity index is 61.4. The maximum absolute atomic E-state index is 2.30. The summed E-state index contributed by atoms with van der Waals surface area (Å²) in [4.78, 5) is 0. The van der Waals surface area contributed by atoms with Crippen LogP contribution in [0.3, 0.4) is 0 Å². The molecule has 1 heteroatoms. The van der Waals surface area contributed by atoms with Crippen molar-refractivity contribution in [2.45, 2.75) is 69.4 Å². The van der Waals surface area contributed by atoms with Crippen LogP contribution in [0.5, 0.6) is 0 Å². The molecule has 0 aromatic carbocycles. The lowest BCUT2D eigenvalue weighted by atomic mass is 10.1. The van der Waals surface area contributed by atoms with Gasteiger partial charge in [-0.3, -0.25) is 0 Å². The first-order valence-electron chi connectivity index (χ1n) is 5.73. The summed E-state index contributed by atoms with van der Waals surface area (Å²) in [5.41, 5.74) is 0. The molecule has 71 valence electrons. The normalized spacial score (nSPS) is 10.2. The number of hydrogen-bond acceptors (Lipinski definition) is 0. The summed E-state index contributed by atoms with van der Waals surface area (Å²) < 4.78 is 0. The van der Waals surface area contributed by atoms with Crippen LogP contribution in [0.15, 0.2) is 0 Å². The molecule has 0 aromatic rings. The van der Waals surface area contributed by atoms with Crippen molar-refractivity contribution in [2.75, 3.05) is 0 Å². The zero-order valence-corrected chi connectivity index (χ0v) is 10.1. The van der Waals surface area contributed by atoms with Gasteiger partial charge in [0.1, 0.15) is 0 Å². The molecule has 0 aliphatic rings. The summed E-state index contributed by atoms with van der Waals surface area (Å²) in [5, 5.41) is 3.08. The van der Waals surface area contributed by atoms with Gasteiger partial charge in [-0.05, 0) is 0 Å². The Kier molecular flexibility index (Phi) is 12.0. The largest absolute Gasteiger partial charge is 0.199 e. The molecule has 0 atom stereocenters. The van der Waals surface area contributed by atoms with Crippen LogP contribution in [0, 0.1) is 0 Å². The Labute approximate surface area is 84.8 Å². The summed E-state index contributed by atoms with van der Waals surface area (Å²) >= 11 is 0.808. The highest BCUT2D eigenvalue weighted by Crippen LogP contribution is 2.07.